The first-order valence-corrected chi connectivity index (χ1v) is 7.24. The Morgan fingerprint density at radius 3 is 2.71 bits per heavy atom. The van der Waals surface area contributed by atoms with Gasteiger partial charge < -0.3 is 20.7 Å². The molecule has 1 fully saturated rings. The summed E-state index contributed by atoms with van der Waals surface area (Å²) in [5.41, 5.74) is 7.35. The lowest BCUT2D eigenvalue weighted by Crippen LogP contribution is -2.40. The zero-order valence-corrected chi connectivity index (χ0v) is 13.0. The molecule has 0 atom stereocenters. The molecule has 1 heterocycles. The van der Waals surface area contributed by atoms with Gasteiger partial charge in [0.25, 0.3) is 0 Å². The molecule has 0 bridgehead atoms. The Bertz CT molecular complexity index is 510. The molecule has 0 spiro atoms. The first kappa shape index (κ1) is 15.6. The van der Waals surface area contributed by atoms with E-state index in [9.17, 15) is 4.79 Å². The monoisotopic (exact) mass is 292 g/mol. The molecule has 0 unspecified atom stereocenters. The van der Waals surface area contributed by atoms with Crippen molar-refractivity contribution in [1.82, 2.24) is 4.98 Å². The molecule has 1 amide bonds. The Morgan fingerprint density at radius 1 is 1.48 bits per heavy atom. The Balaban J connectivity index is 2.16. The van der Waals surface area contributed by atoms with E-state index in [4.69, 9.17) is 10.5 Å². The van der Waals surface area contributed by atoms with E-state index < -0.39 is 0 Å². The molecule has 0 aliphatic heterocycles. The first-order chi connectivity index (χ1) is 9.95. The summed E-state index contributed by atoms with van der Waals surface area (Å²) in [6.07, 6.45) is 6.01. The van der Waals surface area contributed by atoms with E-state index in [1.54, 1.807) is 13.3 Å². The average Bonchev–Trinajstić information content (AvgIpc) is 2.84. The van der Waals surface area contributed by atoms with Crippen LogP contribution in [0.5, 0.6) is 5.88 Å². The average molecular weight is 292 g/mol. The number of anilines is 2. The molecule has 0 radical (unpaired) electrons. The summed E-state index contributed by atoms with van der Waals surface area (Å²) >= 11 is 0. The zero-order chi connectivity index (χ0) is 15.5. The van der Waals surface area contributed by atoms with Gasteiger partial charge in [0.15, 0.2) is 0 Å². The number of ether oxygens (including phenoxy) is 1. The third kappa shape index (κ3) is 3.64. The summed E-state index contributed by atoms with van der Waals surface area (Å²) < 4.78 is 5.25. The molecule has 21 heavy (non-hydrogen) atoms. The molecular formula is C15H24N4O2. The highest BCUT2D eigenvalue weighted by Crippen LogP contribution is 2.34. The maximum atomic E-state index is 12.3. The van der Waals surface area contributed by atoms with Crippen molar-refractivity contribution < 1.29 is 9.53 Å². The Labute approximate surface area is 125 Å². The zero-order valence-electron chi connectivity index (χ0n) is 13.0. The number of nitrogens with zero attached hydrogens (tertiary/aromatic N) is 2. The molecular weight excluding hydrogens is 268 g/mol. The quantitative estimate of drug-likeness (QED) is 0.864. The van der Waals surface area contributed by atoms with Gasteiger partial charge >= 0.3 is 0 Å². The number of aromatic nitrogens is 1. The molecule has 3 N–H and O–H groups in total. The van der Waals surface area contributed by atoms with E-state index >= 15 is 0 Å². The van der Waals surface area contributed by atoms with Crippen molar-refractivity contribution in [3.63, 3.8) is 0 Å². The summed E-state index contributed by atoms with van der Waals surface area (Å²) in [6.45, 7) is 0. The molecule has 116 valence electrons. The van der Waals surface area contributed by atoms with Gasteiger partial charge in [-0.25, -0.2) is 4.98 Å². The van der Waals surface area contributed by atoms with Gasteiger partial charge in [0.05, 0.1) is 12.8 Å². The van der Waals surface area contributed by atoms with E-state index in [-0.39, 0.29) is 11.4 Å². The predicted octanol–water partition coefficient (Wildman–Crippen LogP) is 1.76. The Kier molecular flexibility index (Phi) is 4.67. The lowest BCUT2D eigenvalue weighted by atomic mass is 9.94. The van der Waals surface area contributed by atoms with Crippen LogP contribution in [0.1, 0.15) is 32.1 Å². The minimum atomic E-state index is -0.363. The largest absolute Gasteiger partial charge is 0.479 e. The van der Waals surface area contributed by atoms with Gasteiger partial charge in [-0.05, 0) is 18.9 Å². The summed E-state index contributed by atoms with van der Waals surface area (Å²) in [6, 6.07) is 1.84. The van der Waals surface area contributed by atoms with Crippen molar-refractivity contribution >= 4 is 17.3 Å². The maximum Gasteiger partial charge on any atom is 0.239 e. The van der Waals surface area contributed by atoms with Gasteiger partial charge in [0.2, 0.25) is 11.8 Å². The molecule has 1 aliphatic rings. The topological polar surface area (TPSA) is 80.5 Å². The van der Waals surface area contributed by atoms with Gasteiger partial charge in [-0.1, -0.05) is 12.8 Å². The standard InChI is InChI=1S/C15H24N4O2/c1-19(2)11-6-9-17-14(21-3)13(11)18-12(20)10-15(16)7-4-5-8-15/h6,9H,4-5,7-8,10,16H2,1-3H3,(H,18,20). The van der Waals surface area contributed by atoms with E-state index in [0.29, 0.717) is 18.0 Å². The Morgan fingerprint density at radius 2 is 2.14 bits per heavy atom. The second kappa shape index (κ2) is 6.30. The van der Waals surface area contributed by atoms with Crippen LogP contribution in [0.15, 0.2) is 12.3 Å². The normalized spacial score (nSPS) is 16.6. The minimum Gasteiger partial charge on any atom is -0.479 e. The lowest BCUT2D eigenvalue weighted by molar-refractivity contribution is -0.117. The molecule has 1 saturated carbocycles. The number of rotatable bonds is 5. The van der Waals surface area contributed by atoms with Gasteiger partial charge in [0, 0.05) is 32.3 Å². The number of nitrogens with two attached hydrogens (primary N) is 1. The molecule has 0 saturated heterocycles. The molecule has 1 aromatic heterocycles. The summed E-state index contributed by atoms with van der Waals surface area (Å²) in [7, 11) is 5.36. The third-order valence-electron chi connectivity index (χ3n) is 3.95. The lowest BCUT2D eigenvalue weighted by Gasteiger charge is -2.24. The second-order valence-electron chi connectivity index (χ2n) is 5.90. The number of amides is 1. The SMILES string of the molecule is COc1nccc(N(C)C)c1NC(=O)CC1(N)CCCC1. The number of nitrogens with one attached hydrogen (secondary N) is 1. The van der Waals surface area contributed by atoms with Crippen molar-refractivity contribution in [2.75, 3.05) is 31.4 Å². The number of hydrogen-bond acceptors (Lipinski definition) is 5. The number of carbonyl (C=O) groups is 1. The van der Waals surface area contributed by atoms with E-state index in [1.165, 1.54) is 0 Å². The van der Waals surface area contributed by atoms with Crippen LogP contribution < -0.4 is 20.7 Å². The van der Waals surface area contributed by atoms with Gasteiger partial charge in [-0.2, -0.15) is 0 Å². The fraction of sp³-hybridized carbons (Fsp3) is 0.600. The fourth-order valence-electron chi connectivity index (χ4n) is 2.84. The summed E-state index contributed by atoms with van der Waals surface area (Å²) in [4.78, 5) is 18.4. The third-order valence-corrected chi connectivity index (χ3v) is 3.95. The number of carbonyl (C=O) groups excluding carboxylic acids is 1. The van der Waals surface area contributed by atoms with Crippen LogP contribution in [-0.2, 0) is 4.79 Å². The van der Waals surface area contributed by atoms with Gasteiger partial charge in [-0.3, -0.25) is 4.79 Å². The van der Waals surface area contributed by atoms with Crippen LogP contribution in [0.3, 0.4) is 0 Å². The number of hydrogen-bond donors (Lipinski definition) is 2. The van der Waals surface area contributed by atoms with E-state index in [0.717, 1.165) is 31.4 Å². The highest BCUT2D eigenvalue weighted by molar-refractivity contribution is 5.96. The van der Waals surface area contributed by atoms with Crippen LogP contribution in [0.4, 0.5) is 11.4 Å². The maximum absolute atomic E-state index is 12.3. The first-order valence-electron chi connectivity index (χ1n) is 7.24. The molecule has 6 heteroatoms. The van der Waals surface area contributed by atoms with Crippen molar-refractivity contribution in [3.05, 3.63) is 12.3 Å². The molecule has 1 aliphatic carbocycles. The smallest absolute Gasteiger partial charge is 0.239 e. The van der Waals surface area contributed by atoms with Gasteiger partial charge in [0.1, 0.15) is 5.69 Å². The number of pyridine rings is 1. The predicted molar refractivity (Wildman–Crippen MR) is 83.7 cm³/mol. The van der Waals surface area contributed by atoms with Crippen LogP contribution >= 0.6 is 0 Å². The molecule has 6 nitrogen and oxygen atoms in total. The van der Waals surface area contributed by atoms with Crippen molar-refractivity contribution in [2.24, 2.45) is 5.73 Å². The minimum absolute atomic E-state index is 0.0891. The van der Waals surface area contributed by atoms with Crippen molar-refractivity contribution in [1.29, 1.82) is 0 Å². The van der Waals surface area contributed by atoms with Crippen LogP contribution in [-0.4, -0.2) is 37.6 Å². The Hall–Kier alpha value is -1.82. The van der Waals surface area contributed by atoms with Crippen LogP contribution in [0, 0.1) is 0 Å². The van der Waals surface area contributed by atoms with Crippen molar-refractivity contribution in [2.45, 2.75) is 37.6 Å². The van der Waals surface area contributed by atoms with E-state index in [1.807, 2.05) is 25.1 Å². The fourth-order valence-corrected chi connectivity index (χ4v) is 2.84. The highest BCUT2D eigenvalue weighted by Gasteiger charge is 2.32. The number of methoxy groups -OCH3 is 1. The summed E-state index contributed by atoms with van der Waals surface area (Å²) in [5, 5.41) is 2.92. The molecule has 1 aromatic rings. The van der Waals surface area contributed by atoms with Crippen LogP contribution in [0.2, 0.25) is 0 Å². The summed E-state index contributed by atoms with van der Waals surface area (Å²) in [5.74, 6) is 0.320. The second-order valence-corrected chi connectivity index (χ2v) is 5.90. The van der Waals surface area contributed by atoms with Gasteiger partial charge in [-0.15, -0.1) is 0 Å². The highest BCUT2D eigenvalue weighted by atomic mass is 16.5. The molecule has 2 rings (SSSR count). The van der Waals surface area contributed by atoms with Crippen molar-refractivity contribution in [3.8, 4) is 5.88 Å². The van der Waals surface area contributed by atoms with E-state index in [2.05, 4.69) is 10.3 Å². The van der Waals surface area contributed by atoms with Crippen LogP contribution in [0.25, 0.3) is 0 Å². The molecule has 0 aromatic carbocycles.